The zero-order chi connectivity index (χ0) is 18.4. The van der Waals surface area contributed by atoms with Crippen LogP contribution in [0.5, 0.6) is 0 Å². The van der Waals surface area contributed by atoms with Crippen LogP contribution in [0.2, 0.25) is 5.02 Å². The van der Waals surface area contributed by atoms with Crippen LogP contribution < -0.4 is 10.6 Å². The summed E-state index contributed by atoms with van der Waals surface area (Å²) in [4.78, 5) is 24.7. The second-order valence-corrected chi connectivity index (χ2v) is 6.15. The average molecular weight is 365 g/mol. The number of amides is 2. The van der Waals surface area contributed by atoms with Crippen LogP contribution in [0.1, 0.15) is 26.3 Å². The summed E-state index contributed by atoms with van der Waals surface area (Å²) in [5.41, 5.74) is 2.44. The largest absolute Gasteiger partial charge is 0.348 e. The van der Waals surface area contributed by atoms with Gasteiger partial charge in [-0.1, -0.05) is 54.1 Å². The monoisotopic (exact) mass is 364 g/mol. The molecule has 0 unspecified atom stereocenters. The summed E-state index contributed by atoms with van der Waals surface area (Å²) in [7, 11) is 0. The minimum atomic E-state index is -0.301. The Morgan fingerprint density at radius 1 is 0.769 bits per heavy atom. The zero-order valence-corrected chi connectivity index (χ0v) is 14.7. The molecular formula is C21H17ClN2O2. The average Bonchev–Trinajstić information content (AvgIpc) is 2.67. The number of hydrogen-bond acceptors (Lipinski definition) is 2. The summed E-state index contributed by atoms with van der Waals surface area (Å²) in [5.74, 6) is -0.531. The molecule has 0 aliphatic heterocycles. The van der Waals surface area contributed by atoms with E-state index in [2.05, 4.69) is 10.6 Å². The minimum Gasteiger partial charge on any atom is -0.348 e. The molecule has 0 heterocycles. The summed E-state index contributed by atoms with van der Waals surface area (Å²) in [5, 5.41) is 6.16. The van der Waals surface area contributed by atoms with E-state index in [0.29, 0.717) is 28.4 Å². The van der Waals surface area contributed by atoms with Gasteiger partial charge in [0.15, 0.2) is 0 Å². The first-order valence-electron chi connectivity index (χ1n) is 8.11. The molecule has 2 N–H and O–H groups in total. The van der Waals surface area contributed by atoms with Crippen LogP contribution in [0.4, 0.5) is 5.69 Å². The molecule has 3 aromatic rings. The van der Waals surface area contributed by atoms with E-state index in [1.807, 2.05) is 30.3 Å². The molecule has 2 amide bonds. The number of carbonyl (C=O) groups excluding carboxylic acids is 2. The highest BCUT2D eigenvalue weighted by Crippen LogP contribution is 2.16. The highest BCUT2D eigenvalue weighted by Gasteiger charge is 2.11. The summed E-state index contributed by atoms with van der Waals surface area (Å²) < 4.78 is 0. The fourth-order valence-electron chi connectivity index (χ4n) is 2.45. The Balaban J connectivity index is 1.67. The van der Waals surface area contributed by atoms with Crippen LogP contribution in [0, 0.1) is 0 Å². The molecule has 0 aliphatic rings. The quantitative estimate of drug-likeness (QED) is 0.699. The fraction of sp³-hybridized carbons (Fsp3) is 0.0476. The van der Waals surface area contributed by atoms with E-state index >= 15 is 0 Å². The predicted octanol–water partition coefficient (Wildman–Crippen LogP) is 4.52. The normalized spacial score (nSPS) is 10.2. The Morgan fingerprint density at radius 2 is 1.46 bits per heavy atom. The van der Waals surface area contributed by atoms with E-state index < -0.39 is 0 Å². The SMILES string of the molecule is O=C(NCc1ccccc1)c1cccc(C(=O)Nc2cccc(Cl)c2)c1. The van der Waals surface area contributed by atoms with Crippen molar-refractivity contribution in [1.29, 1.82) is 0 Å². The number of nitrogens with one attached hydrogen (secondary N) is 2. The van der Waals surface area contributed by atoms with Crippen LogP contribution in [0.3, 0.4) is 0 Å². The molecule has 0 saturated heterocycles. The predicted molar refractivity (Wildman–Crippen MR) is 103 cm³/mol. The van der Waals surface area contributed by atoms with Gasteiger partial charge < -0.3 is 10.6 Å². The molecule has 0 aliphatic carbocycles. The molecule has 3 rings (SSSR count). The molecule has 0 atom stereocenters. The van der Waals surface area contributed by atoms with Gasteiger partial charge in [-0.15, -0.1) is 0 Å². The van der Waals surface area contributed by atoms with Crippen molar-refractivity contribution in [1.82, 2.24) is 5.32 Å². The Labute approximate surface area is 156 Å². The number of rotatable bonds is 5. The summed E-state index contributed by atoms with van der Waals surface area (Å²) in [6.07, 6.45) is 0. The first kappa shape index (κ1) is 17.7. The first-order chi connectivity index (χ1) is 12.6. The van der Waals surface area contributed by atoms with E-state index in [-0.39, 0.29) is 11.8 Å². The van der Waals surface area contributed by atoms with Crippen molar-refractivity contribution in [2.75, 3.05) is 5.32 Å². The van der Waals surface area contributed by atoms with Gasteiger partial charge in [-0.3, -0.25) is 9.59 Å². The van der Waals surface area contributed by atoms with Gasteiger partial charge in [0.2, 0.25) is 0 Å². The van der Waals surface area contributed by atoms with E-state index in [1.54, 1.807) is 48.5 Å². The lowest BCUT2D eigenvalue weighted by atomic mass is 10.1. The topological polar surface area (TPSA) is 58.2 Å². The first-order valence-corrected chi connectivity index (χ1v) is 8.49. The van der Waals surface area contributed by atoms with Gasteiger partial charge in [-0.2, -0.15) is 0 Å². The van der Waals surface area contributed by atoms with Crippen molar-refractivity contribution in [3.63, 3.8) is 0 Å². The summed E-state index contributed by atoms with van der Waals surface area (Å²) in [6.45, 7) is 0.429. The van der Waals surface area contributed by atoms with Gasteiger partial charge in [0.25, 0.3) is 11.8 Å². The lowest BCUT2D eigenvalue weighted by Crippen LogP contribution is -2.23. The summed E-state index contributed by atoms with van der Waals surface area (Å²) in [6, 6.07) is 23.1. The number of carbonyl (C=O) groups is 2. The van der Waals surface area contributed by atoms with Crippen molar-refractivity contribution < 1.29 is 9.59 Å². The van der Waals surface area contributed by atoms with Gasteiger partial charge >= 0.3 is 0 Å². The molecule has 0 radical (unpaired) electrons. The molecule has 0 aromatic heterocycles. The van der Waals surface area contributed by atoms with Crippen molar-refractivity contribution in [3.05, 3.63) is 101 Å². The summed E-state index contributed by atoms with van der Waals surface area (Å²) >= 11 is 5.92. The Kier molecular flexibility index (Phi) is 5.66. The van der Waals surface area contributed by atoms with E-state index in [0.717, 1.165) is 5.56 Å². The Bertz CT molecular complexity index is 926. The van der Waals surface area contributed by atoms with Gasteiger partial charge in [-0.25, -0.2) is 0 Å². The van der Waals surface area contributed by atoms with Crippen molar-refractivity contribution in [3.8, 4) is 0 Å². The van der Waals surface area contributed by atoms with Crippen LogP contribution in [-0.2, 0) is 6.54 Å². The van der Waals surface area contributed by atoms with Gasteiger partial charge in [0.05, 0.1) is 0 Å². The number of hydrogen-bond donors (Lipinski definition) is 2. The number of halogens is 1. The van der Waals surface area contributed by atoms with Crippen LogP contribution in [-0.4, -0.2) is 11.8 Å². The van der Waals surface area contributed by atoms with Gasteiger partial charge in [0.1, 0.15) is 0 Å². The fourth-order valence-corrected chi connectivity index (χ4v) is 2.64. The maximum absolute atomic E-state index is 12.4. The van der Waals surface area contributed by atoms with E-state index in [4.69, 9.17) is 11.6 Å². The highest BCUT2D eigenvalue weighted by atomic mass is 35.5. The molecule has 0 spiro atoms. The van der Waals surface area contributed by atoms with Crippen molar-refractivity contribution in [2.45, 2.75) is 6.54 Å². The zero-order valence-electron chi connectivity index (χ0n) is 13.9. The minimum absolute atomic E-state index is 0.230. The van der Waals surface area contributed by atoms with Crippen LogP contribution in [0.25, 0.3) is 0 Å². The molecular weight excluding hydrogens is 348 g/mol. The van der Waals surface area contributed by atoms with Gasteiger partial charge in [-0.05, 0) is 42.0 Å². The second kappa shape index (κ2) is 8.32. The van der Waals surface area contributed by atoms with Crippen LogP contribution in [0.15, 0.2) is 78.9 Å². The third-order valence-electron chi connectivity index (χ3n) is 3.77. The number of benzene rings is 3. The standard InChI is InChI=1S/C21H17ClN2O2/c22-18-10-5-11-19(13-18)24-21(26)17-9-4-8-16(12-17)20(25)23-14-15-6-2-1-3-7-15/h1-13H,14H2,(H,23,25)(H,24,26). The molecule has 130 valence electrons. The van der Waals surface area contributed by atoms with E-state index in [9.17, 15) is 9.59 Å². The maximum atomic E-state index is 12.4. The van der Waals surface area contributed by atoms with Crippen molar-refractivity contribution in [2.24, 2.45) is 0 Å². The molecule has 3 aromatic carbocycles. The Hall–Kier alpha value is -3.11. The van der Waals surface area contributed by atoms with Crippen molar-refractivity contribution >= 4 is 29.1 Å². The number of anilines is 1. The maximum Gasteiger partial charge on any atom is 0.255 e. The third kappa shape index (κ3) is 4.71. The third-order valence-corrected chi connectivity index (χ3v) is 4.00. The molecule has 0 saturated carbocycles. The molecule has 5 heteroatoms. The van der Waals surface area contributed by atoms with Crippen LogP contribution >= 0.6 is 11.6 Å². The lowest BCUT2D eigenvalue weighted by molar-refractivity contribution is 0.0951. The molecule has 26 heavy (non-hydrogen) atoms. The highest BCUT2D eigenvalue weighted by molar-refractivity contribution is 6.31. The second-order valence-electron chi connectivity index (χ2n) is 5.71. The van der Waals surface area contributed by atoms with E-state index in [1.165, 1.54) is 0 Å². The van der Waals surface area contributed by atoms with Gasteiger partial charge in [0, 0.05) is 28.4 Å². The molecule has 4 nitrogen and oxygen atoms in total. The lowest BCUT2D eigenvalue weighted by Gasteiger charge is -2.08. The molecule has 0 bridgehead atoms. The molecule has 0 fully saturated rings. The smallest absolute Gasteiger partial charge is 0.255 e. The Morgan fingerprint density at radius 3 is 2.19 bits per heavy atom.